The first-order chi connectivity index (χ1) is 21.9. The summed E-state index contributed by atoms with van der Waals surface area (Å²) in [6.45, 7) is 13.1. The Balaban J connectivity index is 1.12. The fourth-order valence-electron chi connectivity index (χ4n) is 7.88. The number of halogens is 3. The van der Waals surface area contributed by atoms with Crippen LogP contribution in [-0.2, 0) is 16.0 Å². The van der Waals surface area contributed by atoms with E-state index in [1.165, 1.54) is 35.2 Å². The van der Waals surface area contributed by atoms with Crippen molar-refractivity contribution in [1.29, 1.82) is 0 Å². The van der Waals surface area contributed by atoms with Crippen LogP contribution in [-0.4, -0.2) is 83.1 Å². The maximum Gasteiger partial charge on any atom is 0.410 e. The molecular formula is C36H51Br2ClN4O3. The van der Waals surface area contributed by atoms with Gasteiger partial charge in [-0.2, -0.15) is 0 Å². The molecule has 3 heterocycles. The number of amides is 2. The summed E-state index contributed by atoms with van der Waals surface area (Å²) < 4.78 is 6.48. The van der Waals surface area contributed by atoms with Crippen molar-refractivity contribution in [3.8, 4) is 0 Å². The third-order valence-corrected chi connectivity index (χ3v) is 12.0. The Kier molecular flexibility index (Phi) is 12.4. The lowest BCUT2D eigenvalue weighted by Crippen LogP contribution is -2.45. The van der Waals surface area contributed by atoms with Gasteiger partial charge in [0.15, 0.2) is 0 Å². The van der Waals surface area contributed by atoms with E-state index >= 15 is 0 Å². The molecule has 2 amide bonds. The summed E-state index contributed by atoms with van der Waals surface area (Å²) in [6, 6.07) is 4.51. The summed E-state index contributed by atoms with van der Waals surface area (Å²) in [5.74, 6) is 2.02. The molecule has 3 aliphatic heterocycles. The molecule has 7 nitrogen and oxygen atoms in total. The number of aryl methyl sites for hydroxylation is 1. The Bertz CT molecular complexity index is 1300. The average molecular weight is 783 g/mol. The van der Waals surface area contributed by atoms with Crippen molar-refractivity contribution in [2.45, 2.75) is 97.1 Å². The molecule has 0 N–H and O–H groups in total. The summed E-state index contributed by atoms with van der Waals surface area (Å²) in [5, 5.41) is 1.51. The molecule has 5 rings (SSSR count). The van der Waals surface area contributed by atoms with Crippen molar-refractivity contribution in [2.24, 2.45) is 22.7 Å². The molecule has 0 radical (unpaired) electrons. The first-order valence-electron chi connectivity index (χ1n) is 17.2. The van der Waals surface area contributed by atoms with E-state index in [2.05, 4.69) is 60.7 Å². The van der Waals surface area contributed by atoms with Crippen molar-refractivity contribution in [1.82, 2.24) is 14.7 Å². The van der Waals surface area contributed by atoms with Crippen LogP contribution in [0.15, 0.2) is 32.9 Å². The van der Waals surface area contributed by atoms with E-state index in [0.717, 1.165) is 79.5 Å². The molecule has 10 heteroatoms. The number of alkyl halides is 1. The number of benzene rings is 1. The van der Waals surface area contributed by atoms with Gasteiger partial charge < -0.3 is 14.5 Å². The number of nitrogens with zero attached hydrogens (tertiary/aromatic N) is 4. The molecule has 0 aromatic heterocycles. The van der Waals surface area contributed by atoms with Gasteiger partial charge in [0.05, 0.1) is 16.8 Å². The van der Waals surface area contributed by atoms with E-state index in [-0.39, 0.29) is 12.1 Å². The highest BCUT2D eigenvalue weighted by Gasteiger charge is 2.37. The van der Waals surface area contributed by atoms with E-state index in [1.54, 1.807) is 4.90 Å². The van der Waals surface area contributed by atoms with Gasteiger partial charge in [-0.3, -0.25) is 14.7 Å². The zero-order chi connectivity index (χ0) is 33.0. The van der Waals surface area contributed by atoms with Crippen LogP contribution in [0.5, 0.6) is 0 Å². The highest BCUT2D eigenvalue weighted by atomic mass is 79.9. The summed E-state index contributed by atoms with van der Waals surface area (Å²) in [6.07, 6.45) is 10.6. The van der Waals surface area contributed by atoms with E-state index in [1.807, 2.05) is 27.0 Å². The minimum absolute atomic E-state index is 0.137. The first-order valence-corrected chi connectivity index (χ1v) is 19.5. The van der Waals surface area contributed by atoms with Crippen LogP contribution in [0.25, 0.3) is 0 Å². The number of likely N-dealkylation sites (tertiary alicyclic amines) is 3. The Hall–Kier alpha value is -1.42. The fourth-order valence-corrected chi connectivity index (χ4v) is 8.57. The molecule has 4 aliphatic rings. The average Bonchev–Trinajstić information content (AvgIpc) is 3.15. The number of carbonyl (C=O) groups is 2. The maximum absolute atomic E-state index is 13.3. The smallest absolute Gasteiger partial charge is 0.410 e. The van der Waals surface area contributed by atoms with Crippen LogP contribution in [0.2, 0.25) is 5.02 Å². The Morgan fingerprint density at radius 2 is 1.57 bits per heavy atom. The number of fused-ring (bicyclic) bond motifs is 1. The molecule has 3 saturated heterocycles. The molecule has 1 aliphatic carbocycles. The lowest BCUT2D eigenvalue weighted by atomic mass is 9.78. The molecule has 1 aromatic carbocycles. The normalized spacial score (nSPS) is 23.2. The topological polar surface area (TPSA) is 65.5 Å². The molecule has 0 spiro atoms. The van der Waals surface area contributed by atoms with Crippen LogP contribution < -0.4 is 0 Å². The number of hydrogen-bond acceptors (Lipinski definition) is 5. The highest BCUT2D eigenvalue weighted by molar-refractivity contribution is 9.10. The summed E-state index contributed by atoms with van der Waals surface area (Å²) in [4.78, 5) is 37.2. The van der Waals surface area contributed by atoms with Gasteiger partial charge in [0.2, 0.25) is 5.91 Å². The molecule has 1 atom stereocenters. The zero-order valence-electron chi connectivity index (χ0n) is 28.0. The van der Waals surface area contributed by atoms with Crippen molar-refractivity contribution in [3.05, 3.63) is 44.0 Å². The molecule has 0 saturated carbocycles. The summed E-state index contributed by atoms with van der Waals surface area (Å²) in [7, 11) is 0. The standard InChI is InChI=1S/C36H51Br2ClN4O3/c1-24-5-6-28-22-31(39)30(38)23-29(28)34(33(24)40-14-13-37)42-19-11-27(12-20-42)26-9-17-41(18-10-26)32(44)21-25-7-15-43(16-8-25)35(45)46-36(2,3)4/h14,22-23,25-27,34H,5-13,15-21H2,1-4H3. The van der Waals surface area contributed by atoms with Crippen LogP contribution >= 0.6 is 43.5 Å². The lowest BCUT2D eigenvalue weighted by molar-refractivity contribution is -0.134. The number of rotatable bonds is 6. The van der Waals surface area contributed by atoms with E-state index < -0.39 is 5.60 Å². The minimum Gasteiger partial charge on any atom is -0.444 e. The van der Waals surface area contributed by atoms with Crippen molar-refractivity contribution >= 4 is 61.7 Å². The molecule has 1 aromatic rings. The van der Waals surface area contributed by atoms with E-state index in [0.29, 0.717) is 43.2 Å². The largest absolute Gasteiger partial charge is 0.444 e. The predicted octanol–water partition coefficient (Wildman–Crippen LogP) is 8.82. The quantitative estimate of drug-likeness (QED) is 0.214. The highest BCUT2D eigenvalue weighted by Crippen LogP contribution is 2.43. The van der Waals surface area contributed by atoms with Crippen LogP contribution in [0, 0.1) is 17.8 Å². The van der Waals surface area contributed by atoms with Crippen LogP contribution in [0.4, 0.5) is 4.79 Å². The number of allylic oxidation sites excluding steroid dienone is 1. The fraction of sp³-hybridized carbons (Fsp3) is 0.694. The second-order valence-electron chi connectivity index (χ2n) is 14.7. The Morgan fingerprint density at radius 3 is 2.17 bits per heavy atom. The monoisotopic (exact) mass is 780 g/mol. The molecule has 3 fully saturated rings. The zero-order valence-corrected chi connectivity index (χ0v) is 31.9. The number of aliphatic imine (C=N–C) groups is 1. The summed E-state index contributed by atoms with van der Waals surface area (Å²) >= 11 is 13.8. The van der Waals surface area contributed by atoms with Crippen molar-refractivity contribution in [2.75, 3.05) is 44.6 Å². The molecule has 46 heavy (non-hydrogen) atoms. The van der Waals surface area contributed by atoms with Gasteiger partial charge in [-0.15, -0.1) is 0 Å². The first kappa shape index (κ1) is 35.9. The van der Waals surface area contributed by atoms with Gasteiger partial charge in [-0.25, -0.2) is 4.79 Å². The predicted molar refractivity (Wildman–Crippen MR) is 194 cm³/mol. The van der Waals surface area contributed by atoms with Crippen molar-refractivity contribution in [3.63, 3.8) is 0 Å². The van der Waals surface area contributed by atoms with E-state index in [9.17, 15) is 9.59 Å². The Labute approximate surface area is 297 Å². The third kappa shape index (κ3) is 8.97. The molecule has 254 valence electrons. The Morgan fingerprint density at radius 1 is 0.957 bits per heavy atom. The number of carbonyl (C=O) groups excluding carboxylic acids is 2. The second-order valence-corrected chi connectivity index (χ2v) is 16.6. The molecule has 0 bridgehead atoms. The van der Waals surface area contributed by atoms with Crippen LogP contribution in [0.3, 0.4) is 0 Å². The maximum atomic E-state index is 13.3. The van der Waals surface area contributed by atoms with Gasteiger partial charge in [-0.1, -0.05) is 27.5 Å². The molecule has 1 unspecified atom stereocenters. The number of ether oxygens (including phenoxy) is 1. The van der Waals surface area contributed by atoms with Gasteiger partial charge in [0, 0.05) is 48.6 Å². The number of piperidine rings is 3. The lowest BCUT2D eigenvalue weighted by Gasteiger charge is -2.43. The van der Waals surface area contributed by atoms with Crippen molar-refractivity contribution < 1.29 is 14.3 Å². The van der Waals surface area contributed by atoms with E-state index in [4.69, 9.17) is 21.3 Å². The SMILES string of the molecule is CC1=C(N=CCBr)C(N2CCC(C3CCN(C(=O)CC4CCN(C(=O)OC(C)(C)C)CC4)CC3)CC2)c2cc(Br)c(Cl)cc2CC1. The molecular weight excluding hydrogens is 732 g/mol. The van der Waals surface area contributed by atoms with Gasteiger partial charge >= 0.3 is 6.09 Å². The second kappa shape index (κ2) is 15.9. The van der Waals surface area contributed by atoms with Gasteiger partial charge in [0.25, 0.3) is 0 Å². The van der Waals surface area contributed by atoms with Gasteiger partial charge in [0.1, 0.15) is 5.60 Å². The number of hydrogen-bond donors (Lipinski definition) is 0. The van der Waals surface area contributed by atoms with Gasteiger partial charge in [-0.05, 0) is 155 Å². The third-order valence-electron chi connectivity index (χ3n) is 10.5. The summed E-state index contributed by atoms with van der Waals surface area (Å²) in [5.41, 5.74) is 4.72. The minimum atomic E-state index is -0.483. The van der Waals surface area contributed by atoms with Crippen LogP contribution in [0.1, 0.15) is 96.2 Å².